The SMILES string of the molecule is CC1=CC(n2cc(-c3ccc(N4CCOCCOCCOCCOCC4)cc3)nn2)=[N+]2C1=C(C)c1c(C)cc(C)n1[B-]2(F)F. The number of allylic oxidation sites excluding steroid dienone is 3. The minimum Gasteiger partial charge on any atom is -0.420 e. The summed E-state index contributed by atoms with van der Waals surface area (Å²) < 4.78 is 58.8. The van der Waals surface area contributed by atoms with Crippen LogP contribution in [-0.2, 0) is 18.9 Å². The first kappa shape index (κ1) is 30.4. The summed E-state index contributed by atoms with van der Waals surface area (Å²) >= 11 is 0. The van der Waals surface area contributed by atoms with Crippen LogP contribution in [0.5, 0.6) is 0 Å². The van der Waals surface area contributed by atoms with E-state index in [0.717, 1.165) is 32.4 Å². The van der Waals surface area contributed by atoms with Crippen molar-refractivity contribution in [2.45, 2.75) is 27.7 Å². The average molecular weight is 608 g/mol. The molecule has 0 atom stereocenters. The van der Waals surface area contributed by atoms with Crippen molar-refractivity contribution in [2.24, 2.45) is 0 Å². The highest BCUT2D eigenvalue weighted by atomic mass is 19.2. The zero-order valence-electron chi connectivity index (χ0n) is 25.8. The van der Waals surface area contributed by atoms with Gasteiger partial charge in [0.25, 0.3) is 5.84 Å². The van der Waals surface area contributed by atoms with Crippen molar-refractivity contribution in [3.63, 3.8) is 0 Å². The number of fused-ring (bicyclic) bond motifs is 2. The maximum absolute atomic E-state index is 16.2. The van der Waals surface area contributed by atoms with Crippen LogP contribution in [0.4, 0.5) is 14.3 Å². The van der Waals surface area contributed by atoms with Crippen LogP contribution in [0.15, 0.2) is 53.9 Å². The Labute approximate surface area is 256 Å². The van der Waals surface area contributed by atoms with Gasteiger partial charge in [0.05, 0.1) is 58.6 Å². The van der Waals surface area contributed by atoms with Crippen LogP contribution in [0, 0.1) is 13.8 Å². The largest absolute Gasteiger partial charge is 0.639 e. The molecule has 0 spiro atoms. The van der Waals surface area contributed by atoms with Gasteiger partial charge in [0.1, 0.15) is 5.69 Å². The van der Waals surface area contributed by atoms with E-state index in [4.69, 9.17) is 18.9 Å². The normalized spacial score (nSPS) is 20.2. The fourth-order valence-electron chi connectivity index (χ4n) is 6.36. The molecule has 1 saturated heterocycles. The molecule has 0 unspecified atom stereocenters. The number of hydrogen-bond donors (Lipinski definition) is 0. The van der Waals surface area contributed by atoms with Crippen LogP contribution in [0.1, 0.15) is 30.8 Å². The molecule has 3 aliphatic rings. The molecule has 44 heavy (non-hydrogen) atoms. The van der Waals surface area contributed by atoms with E-state index in [1.54, 1.807) is 19.2 Å². The number of aromatic nitrogens is 4. The summed E-state index contributed by atoms with van der Waals surface area (Å²) in [5, 5.41) is 8.65. The van der Waals surface area contributed by atoms with Gasteiger partial charge in [0.15, 0.2) is 6.20 Å². The third-order valence-corrected chi connectivity index (χ3v) is 8.34. The molecule has 2 aromatic heterocycles. The van der Waals surface area contributed by atoms with Crippen molar-refractivity contribution in [2.75, 3.05) is 70.8 Å². The Balaban J connectivity index is 1.23. The highest BCUT2D eigenvalue weighted by molar-refractivity contribution is 6.58. The van der Waals surface area contributed by atoms with Gasteiger partial charge in [0, 0.05) is 52.5 Å². The van der Waals surface area contributed by atoms with Crippen LogP contribution in [0.2, 0.25) is 0 Å². The Hall–Kier alpha value is -3.65. The van der Waals surface area contributed by atoms with Crippen LogP contribution < -0.4 is 4.90 Å². The average Bonchev–Trinajstić information content (AvgIpc) is 3.70. The number of halogens is 2. The second-order valence-electron chi connectivity index (χ2n) is 11.3. The molecule has 10 nitrogen and oxygen atoms in total. The first-order valence-electron chi connectivity index (χ1n) is 15.1. The number of benzene rings is 1. The van der Waals surface area contributed by atoms with Crippen LogP contribution >= 0.6 is 0 Å². The number of nitrogens with zero attached hydrogens (tertiary/aromatic N) is 6. The van der Waals surface area contributed by atoms with Crippen molar-refractivity contribution in [1.29, 1.82) is 0 Å². The summed E-state index contributed by atoms with van der Waals surface area (Å²) in [6, 6.07) is 9.80. The zero-order valence-corrected chi connectivity index (χ0v) is 25.8. The van der Waals surface area contributed by atoms with Crippen LogP contribution in [0.3, 0.4) is 0 Å². The Kier molecular flexibility index (Phi) is 8.81. The van der Waals surface area contributed by atoms with E-state index in [1.165, 1.54) is 9.16 Å². The predicted molar refractivity (Wildman–Crippen MR) is 165 cm³/mol. The number of ether oxygens (including phenoxy) is 4. The van der Waals surface area contributed by atoms with Gasteiger partial charge in [-0.15, -0.1) is 5.10 Å². The topological polar surface area (TPSA) is 78.8 Å². The smallest absolute Gasteiger partial charge is 0.420 e. The standard InChI is InChI=1S/C31H39BF2N6O4/c1-22-19-24(3)39-30(22)25(4)31-23(2)20-29(40(31)32(39,33)34)38-21-28(35-36-38)26-5-7-27(8-6-26)37-9-11-41-13-15-43-17-18-44-16-14-42-12-10-37/h5-8,19-21H,9-18H2,1-4H3. The lowest BCUT2D eigenvalue weighted by atomic mass is 9.87. The van der Waals surface area contributed by atoms with Crippen molar-refractivity contribution in [3.8, 4) is 11.3 Å². The molecule has 0 N–H and O–H groups in total. The Morgan fingerprint density at radius 3 is 2.02 bits per heavy atom. The zero-order chi connectivity index (χ0) is 30.8. The fraction of sp³-hybridized carbons (Fsp3) is 0.452. The molecule has 13 heteroatoms. The summed E-state index contributed by atoms with van der Waals surface area (Å²) in [5.74, 6) is 0.283. The van der Waals surface area contributed by atoms with E-state index in [2.05, 4.69) is 15.2 Å². The molecule has 0 bridgehead atoms. The second kappa shape index (κ2) is 12.8. The lowest BCUT2D eigenvalue weighted by Crippen LogP contribution is -2.52. The molecule has 1 fully saturated rings. The summed E-state index contributed by atoms with van der Waals surface area (Å²) in [4.78, 5) is 2.21. The highest BCUT2D eigenvalue weighted by Crippen LogP contribution is 2.41. The monoisotopic (exact) mass is 608 g/mol. The minimum atomic E-state index is -4.14. The fourth-order valence-corrected chi connectivity index (χ4v) is 6.36. The van der Waals surface area contributed by atoms with Gasteiger partial charge >= 0.3 is 6.97 Å². The molecule has 6 rings (SSSR count). The van der Waals surface area contributed by atoms with E-state index in [-0.39, 0.29) is 5.84 Å². The van der Waals surface area contributed by atoms with Gasteiger partial charge in [-0.2, -0.15) is 0 Å². The molecule has 3 aromatic rings. The minimum absolute atomic E-state index is 0.283. The van der Waals surface area contributed by atoms with Gasteiger partial charge < -0.3 is 41.4 Å². The first-order chi connectivity index (χ1) is 21.3. The van der Waals surface area contributed by atoms with Crippen LogP contribution in [0.25, 0.3) is 16.8 Å². The Morgan fingerprint density at radius 2 is 1.41 bits per heavy atom. The quantitative estimate of drug-likeness (QED) is 0.405. The summed E-state index contributed by atoms with van der Waals surface area (Å²) in [5.41, 5.74) is 6.53. The predicted octanol–water partition coefficient (Wildman–Crippen LogP) is 4.14. The lowest BCUT2D eigenvalue weighted by Gasteiger charge is -2.36. The summed E-state index contributed by atoms with van der Waals surface area (Å²) in [6.07, 6.45) is 3.47. The Morgan fingerprint density at radius 1 is 0.818 bits per heavy atom. The highest BCUT2D eigenvalue weighted by Gasteiger charge is 2.51. The van der Waals surface area contributed by atoms with Crippen LogP contribution in [-0.4, -0.2) is 103 Å². The van der Waals surface area contributed by atoms with Crippen molar-refractivity contribution >= 4 is 24.1 Å². The molecule has 1 aromatic carbocycles. The van der Waals surface area contributed by atoms with Gasteiger partial charge in [-0.05, 0) is 57.2 Å². The van der Waals surface area contributed by atoms with Crippen molar-refractivity contribution in [3.05, 3.63) is 70.8 Å². The molecule has 5 heterocycles. The molecule has 234 valence electrons. The number of aryl methyl sites for hydroxylation is 2. The van der Waals surface area contributed by atoms with E-state index in [1.807, 2.05) is 51.1 Å². The first-order valence-corrected chi connectivity index (χ1v) is 15.1. The Bertz CT molecular complexity index is 1600. The number of hydrogen-bond acceptors (Lipinski definition) is 7. The number of anilines is 1. The second-order valence-corrected chi connectivity index (χ2v) is 11.3. The molecule has 0 aliphatic carbocycles. The maximum atomic E-state index is 16.2. The van der Waals surface area contributed by atoms with Gasteiger partial charge in [0.2, 0.25) is 0 Å². The maximum Gasteiger partial charge on any atom is 0.639 e. The third-order valence-electron chi connectivity index (χ3n) is 8.34. The van der Waals surface area contributed by atoms with E-state index in [0.29, 0.717) is 88.7 Å². The van der Waals surface area contributed by atoms with E-state index >= 15 is 8.63 Å². The molecular weight excluding hydrogens is 569 g/mol. The molecular formula is C31H39BF2N6O4. The summed E-state index contributed by atoms with van der Waals surface area (Å²) in [6.45, 7) is 8.96. The van der Waals surface area contributed by atoms with E-state index < -0.39 is 6.97 Å². The molecule has 0 radical (unpaired) electrons. The van der Waals surface area contributed by atoms with Gasteiger partial charge in [-0.25, -0.2) is 0 Å². The van der Waals surface area contributed by atoms with Crippen molar-refractivity contribution < 1.29 is 32.1 Å². The third kappa shape index (κ3) is 5.76. The van der Waals surface area contributed by atoms with Crippen molar-refractivity contribution in [1.82, 2.24) is 19.5 Å². The number of rotatable bonds is 2. The van der Waals surface area contributed by atoms with Gasteiger partial charge in [-0.1, -0.05) is 16.8 Å². The lowest BCUT2D eigenvalue weighted by molar-refractivity contribution is -0.366. The van der Waals surface area contributed by atoms with Gasteiger partial charge in [-0.3, -0.25) is 0 Å². The summed E-state index contributed by atoms with van der Waals surface area (Å²) in [7, 11) is 0. The molecule has 3 aliphatic heterocycles. The van der Waals surface area contributed by atoms with E-state index in [9.17, 15) is 0 Å². The molecule has 0 amide bonds. The molecule has 0 saturated carbocycles.